The van der Waals surface area contributed by atoms with E-state index in [2.05, 4.69) is 16.0 Å². The molecule has 3 atom stereocenters. The Morgan fingerprint density at radius 2 is 1.26 bits per heavy atom. The Kier molecular flexibility index (Phi) is 12.0. The molecule has 2 aliphatic rings. The highest BCUT2D eigenvalue weighted by molar-refractivity contribution is 7.47. The van der Waals surface area contributed by atoms with Crippen LogP contribution in [0.25, 0.3) is 11.1 Å². The van der Waals surface area contributed by atoms with Crippen LogP contribution in [0.15, 0.2) is 158 Å². The van der Waals surface area contributed by atoms with Crippen molar-refractivity contribution in [2.24, 2.45) is 5.73 Å². The van der Waals surface area contributed by atoms with Crippen molar-refractivity contribution in [1.82, 2.24) is 16.0 Å². The van der Waals surface area contributed by atoms with Crippen LogP contribution in [-0.2, 0) is 46.8 Å². The summed E-state index contributed by atoms with van der Waals surface area (Å²) >= 11 is 0. The predicted molar refractivity (Wildman–Crippen MR) is 230 cm³/mol. The fourth-order valence-corrected chi connectivity index (χ4v) is 8.99. The highest BCUT2D eigenvalue weighted by atomic mass is 31.2. The van der Waals surface area contributed by atoms with Crippen LogP contribution in [0.1, 0.15) is 51.3 Å². The van der Waals surface area contributed by atoms with Crippen molar-refractivity contribution >= 4 is 31.6 Å². The quantitative estimate of drug-likeness (QED) is 0.0592. The van der Waals surface area contributed by atoms with Crippen LogP contribution in [0.5, 0.6) is 5.75 Å². The average Bonchev–Trinajstić information content (AvgIpc) is 3.61. The van der Waals surface area contributed by atoms with Crippen LogP contribution in [0.3, 0.4) is 0 Å². The van der Waals surface area contributed by atoms with Crippen LogP contribution in [0.4, 0.5) is 4.79 Å². The zero-order valence-corrected chi connectivity index (χ0v) is 34.2. The topological polar surface area (TPSA) is 195 Å². The highest BCUT2D eigenvalue weighted by Crippen LogP contribution is 2.50. The molecular weight excluding hydrogens is 808 g/mol. The maximum Gasteiger partial charge on any atom is 0.527 e. The molecule has 1 aliphatic carbocycles. The molecule has 0 spiro atoms. The minimum Gasteiger partial charge on any atom is -0.449 e. The molecule has 314 valence electrons. The summed E-state index contributed by atoms with van der Waals surface area (Å²) in [7, 11) is -4.27. The van der Waals surface area contributed by atoms with E-state index in [1.807, 2.05) is 140 Å². The van der Waals surface area contributed by atoms with Gasteiger partial charge in [-0.25, -0.2) is 9.36 Å². The number of hydrogen-bond donors (Lipinski definition) is 5. The van der Waals surface area contributed by atoms with Crippen molar-refractivity contribution in [3.8, 4) is 16.9 Å². The van der Waals surface area contributed by atoms with Gasteiger partial charge in [-0.1, -0.05) is 146 Å². The molecule has 6 N–H and O–H groups in total. The number of fused-ring (bicyclic) bond motifs is 4. The predicted octanol–water partition coefficient (Wildman–Crippen LogP) is 6.61. The summed E-state index contributed by atoms with van der Waals surface area (Å²) in [4.78, 5) is 65.0. The van der Waals surface area contributed by atoms with Crippen LogP contribution in [-0.4, -0.2) is 47.4 Å². The first-order valence-electron chi connectivity index (χ1n) is 20.0. The van der Waals surface area contributed by atoms with E-state index in [0.29, 0.717) is 11.1 Å². The Morgan fingerprint density at radius 3 is 1.81 bits per heavy atom. The zero-order chi connectivity index (χ0) is 43.3. The van der Waals surface area contributed by atoms with E-state index in [4.69, 9.17) is 19.5 Å². The van der Waals surface area contributed by atoms with Crippen molar-refractivity contribution in [3.63, 3.8) is 0 Å². The summed E-state index contributed by atoms with van der Waals surface area (Å²) in [6, 6.07) is 45.8. The number of ether oxygens (including phenoxy) is 1. The van der Waals surface area contributed by atoms with Gasteiger partial charge in [0, 0.05) is 17.9 Å². The monoisotopic (exact) mass is 850 g/mol. The Labute approximate surface area is 357 Å². The third kappa shape index (κ3) is 8.87. The molecule has 0 bridgehead atoms. The molecule has 1 aliphatic heterocycles. The summed E-state index contributed by atoms with van der Waals surface area (Å²) in [5.41, 5.74) is 11.9. The number of amides is 4. The van der Waals surface area contributed by atoms with E-state index >= 15 is 0 Å². The van der Waals surface area contributed by atoms with Crippen molar-refractivity contribution < 1.29 is 42.4 Å². The second-order valence-corrected chi connectivity index (χ2v) is 16.4. The van der Waals surface area contributed by atoms with E-state index in [9.17, 15) is 28.6 Å². The first-order chi connectivity index (χ1) is 30.0. The minimum absolute atomic E-state index is 0.0288. The van der Waals surface area contributed by atoms with Gasteiger partial charge < -0.3 is 30.9 Å². The Bertz CT molecular complexity index is 2520. The van der Waals surface area contributed by atoms with Gasteiger partial charge in [0.15, 0.2) is 0 Å². The minimum atomic E-state index is -4.27. The number of carbonyl (C=O) groups is 4. The molecule has 6 aromatic carbocycles. The number of phosphoric ester groups is 1. The molecule has 0 saturated heterocycles. The molecular formula is C48H43N4O9P. The van der Waals surface area contributed by atoms with E-state index in [-0.39, 0.29) is 31.3 Å². The van der Waals surface area contributed by atoms with Gasteiger partial charge in [-0.05, 0) is 56.6 Å². The lowest BCUT2D eigenvalue weighted by Gasteiger charge is -2.37. The number of rotatable bonds is 14. The molecule has 14 heteroatoms. The van der Waals surface area contributed by atoms with Gasteiger partial charge in [-0.3, -0.25) is 23.8 Å². The molecule has 4 amide bonds. The molecule has 6 aromatic rings. The summed E-state index contributed by atoms with van der Waals surface area (Å²) in [6.07, 6.45) is -1.57. The SMILES string of the molecule is NC(=O)[C@H](CC(=O)NC(c1ccccc1)(c1ccccc1)c1ccccc1)NC(=O)[C@H](Cc1ccc2c(c1)COP(=O)(O)O2)NC(=O)OCC1c2ccccc2-c2ccccc21. The van der Waals surface area contributed by atoms with E-state index in [0.717, 1.165) is 38.9 Å². The van der Waals surface area contributed by atoms with Crippen LogP contribution in [0.2, 0.25) is 0 Å². The number of primary amides is 1. The van der Waals surface area contributed by atoms with Crippen molar-refractivity contribution in [1.29, 1.82) is 0 Å². The number of carbonyl (C=O) groups excluding carboxylic acids is 4. The largest absolute Gasteiger partial charge is 0.527 e. The summed E-state index contributed by atoms with van der Waals surface area (Å²) in [5, 5.41) is 8.45. The molecule has 8 rings (SSSR count). The van der Waals surface area contributed by atoms with Crippen LogP contribution < -0.4 is 26.2 Å². The molecule has 1 heterocycles. The molecule has 0 aromatic heterocycles. The standard InChI is InChI=1S/C48H43N4O9P/c49-45(54)41(28-44(53)52-48(33-14-4-1-5-15-33,34-16-6-2-7-17-34)35-18-8-3-9-19-35)50-46(55)42(27-31-24-25-43-32(26-31)29-60-62(57,58)61-43)51-47(56)59-30-40-38-22-12-10-20-36(38)37-21-11-13-23-39(37)40/h1-26,40-42H,27-30H2,(H2,49,54)(H,50,55)(H,51,56)(H,52,53)(H,57,58)/t41-,42-/m0/s1. The Hall–Kier alpha value is -7.05. The first kappa shape index (κ1) is 41.7. The Balaban J connectivity index is 1.04. The fraction of sp³-hybridized carbons (Fsp3) is 0.167. The van der Waals surface area contributed by atoms with Gasteiger partial charge in [-0.2, -0.15) is 0 Å². The molecule has 13 nitrogen and oxygen atoms in total. The van der Waals surface area contributed by atoms with Crippen molar-refractivity contribution in [2.45, 2.75) is 43.0 Å². The van der Waals surface area contributed by atoms with Gasteiger partial charge in [-0.15, -0.1) is 0 Å². The number of phosphoric acid groups is 1. The van der Waals surface area contributed by atoms with Crippen molar-refractivity contribution in [3.05, 3.63) is 197 Å². The first-order valence-corrected chi connectivity index (χ1v) is 21.5. The van der Waals surface area contributed by atoms with Gasteiger partial charge in [0.1, 0.15) is 30.0 Å². The maximum atomic E-state index is 14.3. The number of benzene rings is 6. The lowest BCUT2D eigenvalue weighted by Crippen LogP contribution is -2.56. The summed E-state index contributed by atoms with van der Waals surface area (Å²) < 4.78 is 27.9. The average molecular weight is 851 g/mol. The molecule has 62 heavy (non-hydrogen) atoms. The van der Waals surface area contributed by atoms with Crippen molar-refractivity contribution in [2.75, 3.05) is 6.61 Å². The van der Waals surface area contributed by atoms with Gasteiger partial charge in [0.05, 0.1) is 13.0 Å². The third-order valence-electron chi connectivity index (χ3n) is 11.1. The van der Waals surface area contributed by atoms with Gasteiger partial charge in [0.2, 0.25) is 17.7 Å². The summed E-state index contributed by atoms with van der Waals surface area (Å²) in [6.45, 7) is -0.262. The fourth-order valence-electron chi connectivity index (χ4n) is 8.21. The van der Waals surface area contributed by atoms with Crippen LogP contribution in [0, 0.1) is 0 Å². The number of hydrogen-bond acceptors (Lipinski definition) is 8. The molecule has 0 radical (unpaired) electrons. The second-order valence-electron chi connectivity index (χ2n) is 15.1. The lowest BCUT2D eigenvalue weighted by atomic mass is 9.77. The highest BCUT2D eigenvalue weighted by Gasteiger charge is 2.39. The van der Waals surface area contributed by atoms with Gasteiger partial charge >= 0.3 is 13.9 Å². The molecule has 0 fully saturated rings. The third-order valence-corrected chi connectivity index (χ3v) is 12.0. The summed E-state index contributed by atoms with van der Waals surface area (Å²) in [5.74, 6) is -2.51. The van der Waals surface area contributed by atoms with E-state index in [1.54, 1.807) is 12.1 Å². The molecule has 0 saturated carbocycles. The maximum absolute atomic E-state index is 14.3. The zero-order valence-electron chi connectivity index (χ0n) is 33.3. The Morgan fingerprint density at radius 1 is 0.726 bits per heavy atom. The smallest absolute Gasteiger partial charge is 0.449 e. The van der Waals surface area contributed by atoms with E-state index in [1.165, 1.54) is 6.07 Å². The lowest BCUT2D eigenvalue weighted by molar-refractivity contribution is -0.131. The number of alkyl carbamates (subject to hydrolysis) is 1. The van der Waals surface area contributed by atoms with Gasteiger partial charge in [0.25, 0.3) is 0 Å². The second kappa shape index (κ2) is 17.9. The molecule has 1 unspecified atom stereocenters. The normalized spacial score (nSPS) is 16.3. The van der Waals surface area contributed by atoms with E-state index < -0.39 is 55.7 Å². The number of nitrogens with two attached hydrogens (primary N) is 1. The number of nitrogens with one attached hydrogen (secondary N) is 3. The van der Waals surface area contributed by atoms with Crippen LogP contribution >= 0.6 is 7.82 Å².